The number of likely N-dealkylation sites (tertiary alicyclic amines) is 1. The number of hydrogen-bond acceptors (Lipinski definition) is 3. The van der Waals surface area contributed by atoms with Crippen LogP contribution in [0.5, 0.6) is 5.75 Å². The Morgan fingerprint density at radius 2 is 1.85 bits per heavy atom. The van der Waals surface area contributed by atoms with Crippen LogP contribution in [0.25, 0.3) is 0 Å². The quantitative estimate of drug-likeness (QED) is 0.733. The fourth-order valence-electron chi connectivity index (χ4n) is 3.47. The first-order valence-corrected chi connectivity index (χ1v) is 8.66. The van der Waals surface area contributed by atoms with E-state index in [9.17, 15) is 22.8 Å². The zero-order valence-corrected chi connectivity index (χ0v) is 15.3. The maximum absolute atomic E-state index is 12.8. The number of nitrogens with zero attached hydrogens (tertiary/aromatic N) is 1. The number of carbonyl (C=O) groups excluding carboxylic acids is 2. The van der Waals surface area contributed by atoms with Crippen molar-refractivity contribution in [3.8, 4) is 5.75 Å². The Labute approximate surface area is 151 Å². The molecule has 26 heavy (non-hydrogen) atoms. The number of halogens is 3. The Morgan fingerprint density at radius 1 is 1.23 bits per heavy atom. The summed E-state index contributed by atoms with van der Waals surface area (Å²) in [4.78, 5) is 26.3. The van der Waals surface area contributed by atoms with Crippen molar-refractivity contribution < 1.29 is 27.5 Å². The molecule has 1 fully saturated rings. The maximum atomic E-state index is 12.8. The van der Waals surface area contributed by atoms with Gasteiger partial charge in [-0.25, -0.2) is 0 Å². The summed E-state index contributed by atoms with van der Waals surface area (Å²) in [6.07, 6.45) is -4.80. The molecule has 2 rings (SSSR count). The molecular formula is C19H24F3NO3. The lowest BCUT2D eigenvalue weighted by molar-refractivity contribution is -0.149. The van der Waals surface area contributed by atoms with Crippen LogP contribution in [-0.4, -0.2) is 43.0 Å². The second-order valence-electron chi connectivity index (χ2n) is 6.80. The number of amides is 1. The molecular weight excluding hydrogens is 347 g/mol. The fraction of sp³-hybridized carbons (Fsp3) is 0.579. The van der Waals surface area contributed by atoms with E-state index in [0.29, 0.717) is 24.9 Å². The lowest BCUT2D eigenvalue weighted by Gasteiger charge is -2.32. The van der Waals surface area contributed by atoms with E-state index in [4.69, 9.17) is 4.74 Å². The molecule has 4 nitrogen and oxygen atoms in total. The maximum Gasteiger partial charge on any atom is 0.389 e. The Bertz CT molecular complexity index is 662. The first kappa shape index (κ1) is 20.3. The van der Waals surface area contributed by atoms with Gasteiger partial charge in [-0.2, -0.15) is 13.2 Å². The highest BCUT2D eigenvalue weighted by Gasteiger charge is 2.32. The van der Waals surface area contributed by atoms with Crippen molar-refractivity contribution in [2.45, 2.75) is 45.7 Å². The molecule has 0 aromatic heterocycles. The first-order chi connectivity index (χ1) is 12.1. The van der Waals surface area contributed by atoms with Crippen molar-refractivity contribution in [1.82, 2.24) is 4.90 Å². The zero-order valence-electron chi connectivity index (χ0n) is 15.3. The summed E-state index contributed by atoms with van der Waals surface area (Å²) in [5, 5.41) is 0. The standard InChI is InChI=1S/C19H24F3NO3/c1-12-9-15(10-13(2)18(12)26-3)17(25)14-5-4-8-23(11-14)16(24)6-7-19(20,21)22/h9-10,14H,4-8,11H2,1-3H3. The molecule has 144 valence electrons. The minimum Gasteiger partial charge on any atom is -0.496 e. The first-order valence-electron chi connectivity index (χ1n) is 8.66. The van der Waals surface area contributed by atoms with Gasteiger partial charge >= 0.3 is 6.18 Å². The van der Waals surface area contributed by atoms with Crippen molar-refractivity contribution in [3.05, 3.63) is 28.8 Å². The Hall–Kier alpha value is -2.05. The number of alkyl halides is 3. The van der Waals surface area contributed by atoms with Crippen LogP contribution >= 0.6 is 0 Å². The number of methoxy groups -OCH3 is 1. The summed E-state index contributed by atoms with van der Waals surface area (Å²) in [5.74, 6) is -0.269. The van der Waals surface area contributed by atoms with Crippen LogP contribution in [0.4, 0.5) is 13.2 Å². The number of benzene rings is 1. The van der Waals surface area contributed by atoms with Crippen molar-refractivity contribution in [2.75, 3.05) is 20.2 Å². The van der Waals surface area contributed by atoms with Crippen LogP contribution in [0.1, 0.15) is 47.2 Å². The smallest absolute Gasteiger partial charge is 0.389 e. The molecule has 1 saturated heterocycles. The highest BCUT2D eigenvalue weighted by Crippen LogP contribution is 2.28. The average molecular weight is 371 g/mol. The van der Waals surface area contributed by atoms with Crippen LogP contribution in [0, 0.1) is 19.8 Å². The molecule has 0 saturated carbocycles. The third kappa shape index (κ3) is 4.99. The second-order valence-corrected chi connectivity index (χ2v) is 6.80. The predicted molar refractivity (Wildman–Crippen MR) is 91.4 cm³/mol. The van der Waals surface area contributed by atoms with E-state index in [2.05, 4.69) is 0 Å². The molecule has 0 bridgehead atoms. The van der Waals surface area contributed by atoms with Gasteiger partial charge in [0.05, 0.1) is 13.5 Å². The summed E-state index contributed by atoms with van der Waals surface area (Å²) in [6, 6.07) is 3.52. The van der Waals surface area contributed by atoms with Crippen LogP contribution in [0.3, 0.4) is 0 Å². The Morgan fingerprint density at radius 3 is 2.38 bits per heavy atom. The van der Waals surface area contributed by atoms with Gasteiger partial charge in [-0.1, -0.05) is 0 Å². The highest BCUT2D eigenvalue weighted by atomic mass is 19.4. The molecule has 1 unspecified atom stereocenters. The summed E-state index contributed by atoms with van der Waals surface area (Å²) >= 11 is 0. The van der Waals surface area contributed by atoms with E-state index < -0.39 is 24.9 Å². The number of carbonyl (C=O) groups is 2. The third-order valence-corrected chi connectivity index (χ3v) is 4.72. The van der Waals surface area contributed by atoms with Crippen molar-refractivity contribution in [3.63, 3.8) is 0 Å². The van der Waals surface area contributed by atoms with E-state index in [-0.39, 0.29) is 18.2 Å². The number of Topliss-reactive ketones (excluding diaryl/α,β-unsaturated/α-hetero) is 1. The Balaban J connectivity index is 2.07. The molecule has 1 amide bonds. The molecule has 0 radical (unpaired) electrons. The molecule has 1 aliphatic rings. The summed E-state index contributed by atoms with van der Waals surface area (Å²) < 4.78 is 42.2. The van der Waals surface area contributed by atoms with Crippen molar-refractivity contribution in [1.29, 1.82) is 0 Å². The lowest BCUT2D eigenvalue weighted by atomic mass is 9.88. The van der Waals surface area contributed by atoms with Crippen LogP contribution < -0.4 is 4.74 Å². The van der Waals surface area contributed by atoms with E-state index in [1.54, 1.807) is 19.2 Å². The van der Waals surface area contributed by atoms with Crippen LogP contribution in [-0.2, 0) is 4.79 Å². The van der Waals surface area contributed by atoms with E-state index in [1.807, 2.05) is 13.8 Å². The normalized spacial score (nSPS) is 17.9. The minimum absolute atomic E-state index is 0.0767. The number of aryl methyl sites for hydroxylation is 2. The number of rotatable bonds is 5. The van der Waals surface area contributed by atoms with Crippen molar-refractivity contribution in [2.24, 2.45) is 5.92 Å². The van der Waals surface area contributed by atoms with E-state index >= 15 is 0 Å². The van der Waals surface area contributed by atoms with E-state index in [1.165, 1.54) is 4.90 Å². The van der Waals surface area contributed by atoms with Gasteiger partial charge in [-0.05, 0) is 49.9 Å². The van der Waals surface area contributed by atoms with Gasteiger partial charge < -0.3 is 9.64 Å². The van der Waals surface area contributed by atoms with Crippen LogP contribution in [0.15, 0.2) is 12.1 Å². The molecule has 0 spiro atoms. The highest BCUT2D eigenvalue weighted by molar-refractivity contribution is 5.99. The molecule has 0 aliphatic carbocycles. The molecule has 1 aliphatic heterocycles. The van der Waals surface area contributed by atoms with Gasteiger partial charge in [0.1, 0.15) is 5.75 Å². The molecule has 1 heterocycles. The second kappa shape index (κ2) is 8.10. The molecule has 7 heteroatoms. The fourth-order valence-corrected chi connectivity index (χ4v) is 3.47. The summed E-state index contributed by atoms with van der Waals surface area (Å²) in [5.41, 5.74) is 2.25. The van der Waals surface area contributed by atoms with Crippen LogP contribution in [0.2, 0.25) is 0 Å². The van der Waals surface area contributed by atoms with E-state index in [0.717, 1.165) is 16.9 Å². The SMILES string of the molecule is COc1c(C)cc(C(=O)C2CCCN(C(=O)CCC(F)(F)F)C2)cc1C. The predicted octanol–water partition coefficient (Wildman–Crippen LogP) is 4.08. The summed E-state index contributed by atoms with van der Waals surface area (Å²) in [7, 11) is 1.57. The number of hydrogen-bond donors (Lipinski definition) is 0. The number of piperidine rings is 1. The van der Waals surface area contributed by atoms with Crippen molar-refractivity contribution >= 4 is 11.7 Å². The molecule has 1 aromatic carbocycles. The summed E-state index contributed by atoms with van der Waals surface area (Å²) in [6.45, 7) is 4.30. The van der Waals surface area contributed by atoms with Gasteiger partial charge in [-0.3, -0.25) is 9.59 Å². The largest absolute Gasteiger partial charge is 0.496 e. The average Bonchev–Trinajstić information content (AvgIpc) is 2.58. The topological polar surface area (TPSA) is 46.6 Å². The zero-order chi connectivity index (χ0) is 19.5. The lowest BCUT2D eigenvalue weighted by Crippen LogP contribution is -2.42. The monoisotopic (exact) mass is 371 g/mol. The van der Waals surface area contributed by atoms with Gasteiger partial charge in [0.15, 0.2) is 5.78 Å². The number of ether oxygens (including phenoxy) is 1. The third-order valence-electron chi connectivity index (χ3n) is 4.72. The van der Waals surface area contributed by atoms with Gasteiger partial charge in [0, 0.05) is 31.0 Å². The molecule has 1 aromatic rings. The molecule has 1 atom stereocenters. The Kier molecular flexibility index (Phi) is 6.31. The molecule has 0 N–H and O–H groups in total. The number of ketones is 1. The van der Waals surface area contributed by atoms with Gasteiger partial charge in [0.2, 0.25) is 5.91 Å². The van der Waals surface area contributed by atoms with Gasteiger partial charge in [0.25, 0.3) is 0 Å². The van der Waals surface area contributed by atoms with Gasteiger partial charge in [-0.15, -0.1) is 0 Å². The minimum atomic E-state index is -4.35.